The molecule has 1 unspecified atom stereocenters. The van der Waals surface area contributed by atoms with E-state index in [2.05, 4.69) is 17.2 Å². The molecule has 2 rings (SSSR count). The molecule has 0 aliphatic carbocycles. The molecule has 1 saturated heterocycles. The Balaban J connectivity index is 2.09. The maximum Gasteiger partial charge on any atom is 0.237 e. The number of anilines is 1. The van der Waals surface area contributed by atoms with Crippen LogP contribution in [0.4, 0.5) is 5.69 Å². The number of nitrogens with one attached hydrogen (secondary N) is 1. The van der Waals surface area contributed by atoms with Crippen molar-refractivity contribution in [3.05, 3.63) is 29.3 Å². The van der Waals surface area contributed by atoms with Gasteiger partial charge in [0, 0.05) is 11.3 Å². The van der Waals surface area contributed by atoms with Crippen LogP contribution in [-0.2, 0) is 4.79 Å². The predicted octanol–water partition coefficient (Wildman–Crippen LogP) is 2.53. The standard InChI is InChI=1S/C16H20N2OS/c1-12-7-8-13(5-4-9-17)11-14(12)18-16(19)15-6-2-3-10-20-15/h7-8,11,15H,2-3,6,9-10,17H2,1H3,(H,18,19). The van der Waals surface area contributed by atoms with Gasteiger partial charge in [0.2, 0.25) is 5.91 Å². The molecule has 20 heavy (non-hydrogen) atoms. The van der Waals surface area contributed by atoms with Gasteiger partial charge >= 0.3 is 0 Å². The minimum Gasteiger partial charge on any atom is -0.325 e. The molecule has 0 saturated carbocycles. The van der Waals surface area contributed by atoms with Gasteiger partial charge in [0.15, 0.2) is 0 Å². The van der Waals surface area contributed by atoms with Crippen LogP contribution >= 0.6 is 11.8 Å². The summed E-state index contributed by atoms with van der Waals surface area (Å²) in [5.74, 6) is 7.02. The van der Waals surface area contributed by atoms with Crippen LogP contribution in [0.15, 0.2) is 18.2 Å². The first-order valence-electron chi connectivity index (χ1n) is 6.93. The zero-order valence-electron chi connectivity index (χ0n) is 11.7. The quantitative estimate of drug-likeness (QED) is 0.822. The zero-order valence-corrected chi connectivity index (χ0v) is 12.6. The number of thioether (sulfide) groups is 1. The van der Waals surface area contributed by atoms with Crippen molar-refractivity contribution in [2.24, 2.45) is 5.73 Å². The molecule has 1 aliphatic heterocycles. The third-order valence-electron chi connectivity index (χ3n) is 3.30. The fraction of sp³-hybridized carbons (Fsp3) is 0.438. The lowest BCUT2D eigenvalue weighted by Crippen LogP contribution is -2.27. The van der Waals surface area contributed by atoms with Gasteiger partial charge in [-0.25, -0.2) is 0 Å². The number of hydrogen-bond acceptors (Lipinski definition) is 3. The molecule has 1 fully saturated rings. The van der Waals surface area contributed by atoms with Crippen LogP contribution in [0.3, 0.4) is 0 Å². The largest absolute Gasteiger partial charge is 0.325 e. The first-order chi connectivity index (χ1) is 9.70. The van der Waals surface area contributed by atoms with Crippen molar-refractivity contribution in [3.63, 3.8) is 0 Å². The van der Waals surface area contributed by atoms with E-state index in [1.807, 2.05) is 25.1 Å². The highest BCUT2D eigenvalue weighted by atomic mass is 32.2. The minimum absolute atomic E-state index is 0.0851. The SMILES string of the molecule is Cc1ccc(C#CCN)cc1NC(=O)C1CCCCS1. The van der Waals surface area contributed by atoms with E-state index in [0.717, 1.165) is 35.4 Å². The van der Waals surface area contributed by atoms with Crippen molar-refractivity contribution < 1.29 is 4.79 Å². The summed E-state index contributed by atoms with van der Waals surface area (Å²) in [6.07, 6.45) is 3.34. The van der Waals surface area contributed by atoms with E-state index in [-0.39, 0.29) is 11.2 Å². The second kappa shape index (κ2) is 7.37. The van der Waals surface area contributed by atoms with Crippen LogP contribution in [0.25, 0.3) is 0 Å². The lowest BCUT2D eigenvalue weighted by atomic mass is 10.1. The highest BCUT2D eigenvalue weighted by Crippen LogP contribution is 2.27. The summed E-state index contributed by atoms with van der Waals surface area (Å²) in [7, 11) is 0. The Morgan fingerprint density at radius 1 is 1.50 bits per heavy atom. The molecule has 3 N–H and O–H groups in total. The Morgan fingerprint density at radius 2 is 2.35 bits per heavy atom. The molecular weight excluding hydrogens is 268 g/mol. The second-order valence-electron chi connectivity index (χ2n) is 4.88. The van der Waals surface area contributed by atoms with Gasteiger partial charge in [-0.05, 0) is 43.2 Å². The lowest BCUT2D eigenvalue weighted by Gasteiger charge is -2.21. The fourth-order valence-electron chi connectivity index (χ4n) is 2.15. The molecule has 1 aromatic rings. The van der Waals surface area contributed by atoms with E-state index in [9.17, 15) is 4.79 Å². The Bertz CT molecular complexity index is 539. The van der Waals surface area contributed by atoms with E-state index in [0.29, 0.717) is 6.54 Å². The Kier molecular flexibility index (Phi) is 5.51. The molecule has 0 spiro atoms. The molecule has 1 heterocycles. The number of amides is 1. The van der Waals surface area contributed by atoms with Gasteiger partial charge in [-0.2, -0.15) is 0 Å². The highest BCUT2D eigenvalue weighted by Gasteiger charge is 2.22. The Morgan fingerprint density at radius 3 is 3.05 bits per heavy atom. The molecule has 0 aromatic heterocycles. The van der Waals surface area contributed by atoms with Gasteiger partial charge in [0.25, 0.3) is 0 Å². The van der Waals surface area contributed by atoms with Crippen molar-refractivity contribution >= 4 is 23.4 Å². The molecular formula is C16H20N2OS. The number of carbonyl (C=O) groups excluding carboxylic acids is 1. The Hall–Kier alpha value is -1.44. The number of nitrogens with two attached hydrogens (primary N) is 1. The zero-order chi connectivity index (χ0) is 14.4. The van der Waals surface area contributed by atoms with Crippen molar-refractivity contribution in [1.82, 2.24) is 0 Å². The first-order valence-corrected chi connectivity index (χ1v) is 7.97. The second-order valence-corrected chi connectivity index (χ2v) is 6.19. The summed E-state index contributed by atoms with van der Waals surface area (Å²) in [4.78, 5) is 12.3. The topological polar surface area (TPSA) is 55.1 Å². The number of benzene rings is 1. The first kappa shape index (κ1) is 15.0. The molecule has 0 bridgehead atoms. The lowest BCUT2D eigenvalue weighted by molar-refractivity contribution is -0.115. The summed E-state index contributed by atoms with van der Waals surface area (Å²) in [6.45, 7) is 2.33. The van der Waals surface area contributed by atoms with Gasteiger partial charge in [-0.15, -0.1) is 11.8 Å². The molecule has 1 aliphatic rings. The third-order valence-corrected chi connectivity index (χ3v) is 4.68. The van der Waals surface area contributed by atoms with Gasteiger partial charge in [0.1, 0.15) is 0 Å². The summed E-state index contributed by atoms with van der Waals surface area (Å²) < 4.78 is 0. The van der Waals surface area contributed by atoms with E-state index < -0.39 is 0 Å². The average Bonchev–Trinajstić information content (AvgIpc) is 2.49. The van der Waals surface area contributed by atoms with Gasteiger partial charge < -0.3 is 11.1 Å². The fourth-order valence-corrected chi connectivity index (χ4v) is 3.35. The molecule has 0 radical (unpaired) electrons. The van der Waals surface area contributed by atoms with Crippen LogP contribution in [0, 0.1) is 18.8 Å². The highest BCUT2D eigenvalue weighted by molar-refractivity contribution is 8.00. The van der Waals surface area contributed by atoms with Crippen molar-refractivity contribution in [2.75, 3.05) is 17.6 Å². The number of carbonyl (C=O) groups is 1. The molecule has 1 aromatic carbocycles. The number of rotatable bonds is 2. The summed E-state index contributed by atoms with van der Waals surface area (Å²) in [5, 5.41) is 3.12. The monoisotopic (exact) mass is 288 g/mol. The molecule has 1 atom stereocenters. The van der Waals surface area contributed by atoms with Crippen molar-refractivity contribution in [3.8, 4) is 11.8 Å². The van der Waals surface area contributed by atoms with Crippen LogP contribution in [0.1, 0.15) is 30.4 Å². The molecule has 106 valence electrons. The van der Waals surface area contributed by atoms with E-state index in [1.165, 1.54) is 6.42 Å². The van der Waals surface area contributed by atoms with Gasteiger partial charge in [-0.3, -0.25) is 4.79 Å². The predicted molar refractivity (Wildman–Crippen MR) is 85.8 cm³/mol. The summed E-state index contributed by atoms with van der Waals surface area (Å²) >= 11 is 1.76. The smallest absolute Gasteiger partial charge is 0.237 e. The van der Waals surface area contributed by atoms with E-state index >= 15 is 0 Å². The molecule has 4 heteroatoms. The van der Waals surface area contributed by atoms with Gasteiger partial charge in [-0.1, -0.05) is 24.3 Å². The third kappa shape index (κ3) is 4.03. The van der Waals surface area contributed by atoms with E-state index in [1.54, 1.807) is 11.8 Å². The summed E-state index contributed by atoms with van der Waals surface area (Å²) in [6, 6.07) is 5.84. The van der Waals surface area contributed by atoms with Crippen molar-refractivity contribution in [1.29, 1.82) is 0 Å². The van der Waals surface area contributed by atoms with Crippen LogP contribution in [0.5, 0.6) is 0 Å². The maximum atomic E-state index is 12.3. The molecule has 3 nitrogen and oxygen atoms in total. The van der Waals surface area contributed by atoms with E-state index in [4.69, 9.17) is 5.73 Å². The maximum absolute atomic E-state index is 12.3. The van der Waals surface area contributed by atoms with Crippen LogP contribution < -0.4 is 11.1 Å². The Labute approximate surface area is 124 Å². The normalized spacial score (nSPS) is 18.0. The van der Waals surface area contributed by atoms with Crippen LogP contribution in [-0.4, -0.2) is 23.5 Å². The minimum atomic E-state index is 0.0851. The molecule has 1 amide bonds. The average molecular weight is 288 g/mol. The number of aryl methyl sites for hydroxylation is 1. The van der Waals surface area contributed by atoms with Crippen LogP contribution in [0.2, 0.25) is 0 Å². The number of hydrogen-bond donors (Lipinski definition) is 2. The summed E-state index contributed by atoms with van der Waals surface area (Å²) in [5.41, 5.74) is 8.16. The van der Waals surface area contributed by atoms with Gasteiger partial charge in [0.05, 0.1) is 11.8 Å². The van der Waals surface area contributed by atoms with Crippen molar-refractivity contribution in [2.45, 2.75) is 31.4 Å².